The smallest absolute Gasteiger partial charge is 0.462 e. The molecule has 0 aromatic carbocycles. The highest BCUT2D eigenvalue weighted by molar-refractivity contribution is 7.46. The standard InChI is InChI=1S/C96H182N2O24P2/c1-7-13-19-25-31-37-40-46-51-57-63-69-83(100)97-89-93(120-87(104)72-66-60-54-48-42-39-33-27-21-15-9-3)91(106)82(119-95(89)113-73-74-115-123(107,108)109)78-114-96-90(98-84(101)75-79(67-61-55-49-43-34-28-22-16-10-4)116-85(102)70-64-58-52-45-36-30-24-18-12-6)94(92(81(77-99)118-96)122-124(110,111)112)121-88(105)76-80(68-62-56-50-44-35-29-23-17-11-5)117-86(103)71-65-59-53-47-41-38-32-26-20-14-8-2/h79-82,89-96,99,106H,7-78H2,1-6H3,(H,97,100)(H,98,101)(H2,107,108,109)(H2,110,111,112)/t79-,80-,81-,82-,89-,90-,91-,92-,93-,94-,95-,96-/m1/s1. The van der Waals surface area contributed by atoms with Gasteiger partial charge in [-0.2, -0.15) is 0 Å². The van der Waals surface area contributed by atoms with Crippen LogP contribution in [-0.4, -0.2) is 165 Å². The summed E-state index contributed by atoms with van der Waals surface area (Å²) in [6.45, 7) is 10.0. The van der Waals surface area contributed by atoms with Crippen LogP contribution < -0.4 is 10.6 Å². The molecule has 0 radical (unpaired) electrons. The van der Waals surface area contributed by atoms with E-state index in [9.17, 15) is 58.1 Å². The second kappa shape index (κ2) is 78.5. The summed E-state index contributed by atoms with van der Waals surface area (Å²) >= 11 is 0. The maximum Gasteiger partial charge on any atom is 0.470 e. The van der Waals surface area contributed by atoms with Crippen molar-refractivity contribution in [3.63, 3.8) is 0 Å². The number of hydrogen-bond donors (Lipinski definition) is 8. The Morgan fingerprint density at radius 2 is 0.637 bits per heavy atom. The number of phosphoric ester groups is 2. The Kier molecular flexibility index (Phi) is 73.9. The topological polar surface area (TPSA) is 374 Å². The van der Waals surface area contributed by atoms with Gasteiger partial charge >= 0.3 is 39.5 Å². The van der Waals surface area contributed by atoms with Crippen LogP contribution in [0.2, 0.25) is 0 Å². The van der Waals surface area contributed by atoms with Crippen LogP contribution in [0.1, 0.15) is 478 Å². The number of nitrogens with one attached hydrogen (secondary N) is 2. The van der Waals surface area contributed by atoms with Gasteiger partial charge in [0.2, 0.25) is 11.8 Å². The summed E-state index contributed by atoms with van der Waals surface area (Å²) in [5.74, 6) is -4.07. The molecule has 12 atom stereocenters. The minimum absolute atomic E-state index is 0.0343. The van der Waals surface area contributed by atoms with Gasteiger partial charge in [-0.05, 0) is 51.4 Å². The summed E-state index contributed by atoms with van der Waals surface area (Å²) in [7, 11) is -10.7. The highest BCUT2D eigenvalue weighted by Crippen LogP contribution is 2.43. The molecule has 2 aliphatic heterocycles. The molecule has 0 aromatic rings. The molecular formula is C96H182N2O24P2. The fraction of sp³-hybridized carbons (Fsp3) is 0.938. The Morgan fingerprint density at radius 1 is 0.331 bits per heavy atom. The van der Waals surface area contributed by atoms with Gasteiger partial charge in [0.05, 0.1) is 39.3 Å². The Labute approximate surface area is 750 Å². The van der Waals surface area contributed by atoms with Crippen LogP contribution in [0.3, 0.4) is 0 Å². The maximum atomic E-state index is 15.2. The van der Waals surface area contributed by atoms with Gasteiger partial charge in [0, 0.05) is 25.7 Å². The van der Waals surface area contributed by atoms with Crippen LogP contribution in [0.5, 0.6) is 0 Å². The molecule has 8 N–H and O–H groups in total. The lowest BCUT2D eigenvalue weighted by Gasteiger charge is -2.47. The number of aliphatic hydroxyl groups excluding tert-OH is 2. The van der Waals surface area contributed by atoms with E-state index in [0.717, 1.165) is 212 Å². The van der Waals surface area contributed by atoms with Crippen molar-refractivity contribution in [2.75, 3.05) is 26.4 Å². The summed E-state index contributed by atoms with van der Waals surface area (Å²) in [6, 6.07) is -3.29. The minimum Gasteiger partial charge on any atom is -0.462 e. The SMILES string of the molecule is CCCCCCCCCCCCCC(=O)N[C@H]1[C@H](OCCOP(=O)(O)O)O[C@H](CO[C@@H]2O[C@H](CO)[C@@H](OP(=O)(O)O)[C@H](OC(=O)C[C@@H](CCCCCCCCCCC)OC(=O)CCCCCCCCCCCCC)[C@H]2NC(=O)C[C@@H](CCCCCCCCCCC)OC(=O)CCCCCCCCCCC)[C@@H](O)[C@@H]1OC(=O)CCCCCCCCCCCCC. The van der Waals surface area contributed by atoms with Crippen LogP contribution in [0.25, 0.3) is 0 Å². The van der Waals surface area contributed by atoms with Crippen LogP contribution in [0.4, 0.5) is 0 Å². The lowest BCUT2D eigenvalue weighted by Crippen LogP contribution is -2.68. The molecule has 28 heteroatoms. The highest BCUT2D eigenvalue weighted by Gasteiger charge is 2.54. The molecule has 0 unspecified atom stereocenters. The van der Waals surface area contributed by atoms with Crippen molar-refractivity contribution in [1.29, 1.82) is 0 Å². The number of amides is 2. The van der Waals surface area contributed by atoms with Crippen molar-refractivity contribution in [2.24, 2.45) is 0 Å². The lowest BCUT2D eigenvalue weighted by molar-refractivity contribution is -0.304. The molecule has 2 amide bonds. The molecule has 2 saturated heterocycles. The molecule has 2 heterocycles. The Morgan fingerprint density at radius 3 is 1.00 bits per heavy atom. The van der Waals surface area contributed by atoms with Crippen molar-refractivity contribution in [2.45, 2.75) is 552 Å². The summed E-state index contributed by atoms with van der Waals surface area (Å²) in [6.07, 6.45) is 44.7. The molecule has 2 aliphatic rings. The zero-order valence-corrected chi connectivity index (χ0v) is 80.6. The average molecular weight is 1810 g/mol. The molecule has 2 rings (SSSR count). The Hall–Kier alpha value is -3.20. The molecule has 2 fully saturated rings. The van der Waals surface area contributed by atoms with Gasteiger partial charge in [-0.1, -0.05) is 388 Å². The van der Waals surface area contributed by atoms with E-state index in [1.165, 1.54) is 128 Å². The zero-order valence-electron chi connectivity index (χ0n) is 78.8. The number of esters is 4. The van der Waals surface area contributed by atoms with E-state index in [-0.39, 0.29) is 32.1 Å². The quantitative estimate of drug-likeness (QED) is 0.0121. The van der Waals surface area contributed by atoms with Crippen LogP contribution in [-0.2, 0) is 84.8 Å². The van der Waals surface area contributed by atoms with E-state index in [2.05, 4.69) is 52.2 Å². The summed E-state index contributed by atoms with van der Waals surface area (Å²) in [5.41, 5.74) is 0. The van der Waals surface area contributed by atoms with E-state index >= 15 is 9.59 Å². The third kappa shape index (κ3) is 63.8. The predicted octanol–water partition coefficient (Wildman–Crippen LogP) is 22.7. The van der Waals surface area contributed by atoms with E-state index in [4.69, 9.17) is 46.9 Å². The predicted molar refractivity (Wildman–Crippen MR) is 489 cm³/mol. The van der Waals surface area contributed by atoms with Crippen molar-refractivity contribution < 1.29 is 115 Å². The molecule has 0 spiro atoms. The summed E-state index contributed by atoms with van der Waals surface area (Å²) < 4.78 is 85.9. The number of ether oxygens (including phenoxy) is 8. The first-order valence-corrected chi connectivity index (χ1v) is 53.7. The van der Waals surface area contributed by atoms with Gasteiger partial charge in [0.1, 0.15) is 48.7 Å². The molecule has 124 heavy (non-hydrogen) atoms. The number of carbonyl (C=O) groups excluding carboxylic acids is 6. The first kappa shape index (κ1) is 117. The molecule has 0 aromatic heterocycles. The molecule has 0 aliphatic carbocycles. The van der Waals surface area contributed by atoms with E-state index in [1.54, 1.807) is 0 Å². The third-order valence-corrected chi connectivity index (χ3v) is 25.2. The van der Waals surface area contributed by atoms with Gasteiger partial charge in [-0.15, -0.1) is 0 Å². The highest BCUT2D eigenvalue weighted by atomic mass is 31.2. The van der Waals surface area contributed by atoms with Crippen molar-refractivity contribution >= 4 is 51.3 Å². The Balaban J connectivity index is 2.84. The van der Waals surface area contributed by atoms with Gasteiger partial charge in [0.15, 0.2) is 24.8 Å². The molecule has 0 bridgehead atoms. The second-order valence-electron chi connectivity index (χ2n) is 35.7. The van der Waals surface area contributed by atoms with Crippen LogP contribution in [0, 0.1) is 0 Å². The Bertz CT molecular complexity index is 2690. The fourth-order valence-corrected chi connectivity index (χ4v) is 17.6. The molecule has 26 nitrogen and oxygen atoms in total. The third-order valence-electron chi connectivity index (χ3n) is 24.1. The maximum absolute atomic E-state index is 15.2. The van der Waals surface area contributed by atoms with Crippen LogP contribution >= 0.6 is 15.6 Å². The second-order valence-corrected chi connectivity index (χ2v) is 38.2. The first-order valence-electron chi connectivity index (χ1n) is 50.7. The van der Waals surface area contributed by atoms with Gasteiger partial charge < -0.3 is 78.3 Å². The number of rotatable bonds is 87. The number of hydrogen-bond acceptors (Lipinski definition) is 20. The number of carbonyl (C=O) groups is 6. The van der Waals surface area contributed by atoms with Crippen molar-refractivity contribution in [3.8, 4) is 0 Å². The monoisotopic (exact) mass is 1810 g/mol. The number of unbranched alkanes of at least 4 members (excludes halogenated alkanes) is 54. The molecule has 0 saturated carbocycles. The summed E-state index contributed by atoms with van der Waals surface area (Å²) in [4.78, 5) is 127. The first-order chi connectivity index (χ1) is 60.0. The van der Waals surface area contributed by atoms with E-state index in [0.29, 0.717) is 51.4 Å². The van der Waals surface area contributed by atoms with Gasteiger partial charge in [0.25, 0.3) is 0 Å². The lowest BCUT2D eigenvalue weighted by atomic mass is 9.95. The molecule has 730 valence electrons. The number of phosphoric acid groups is 2. The fourth-order valence-electron chi connectivity index (χ4n) is 16.7. The van der Waals surface area contributed by atoms with E-state index in [1.807, 2.05) is 0 Å². The van der Waals surface area contributed by atoms with Gasteiger partial charge in [-0.25, -0.2) is 9.13 Å². The largest absolute Gasteiger partial charge is 0.470 e. The summed E-state index contributed by atoms with van der Waals surface area (Å²) in [5, 5.41) is 29.7. The van der Waals surface area contributed by atoms with Crippen molar-refractivity contribution in [3.05, 3.63) is 0 Å². The van der Waals surface area contributed by atoms with Crippen molar-refractivity contribution in [1.82, 2.24) is 10.6 Å². The minimum atomic E-state index is -5.64. The molecular weight excluding hydrogens is 1630 g/mol. The van der Waals surface area contributed by atoms with E-state index < -0.39 is 164 Å². The van der Waals surface area contributed by atoms with Crippen LogP contribution in [0.15, 0.2) is 0 Å². The average Bonchev–Trinajstić information content (AvgIpc) is 0.781. The normalized spacial score (nSPS) is 19.8. The van der Waals surface area contributed by atoms with Gasteiger partial charge in [-0.3, -0.25) is 37.8 Å². The zero-order chi connectivity index (χ0) is 90.8. The number of aliphatic hydroxyl groups is 2.